The molecule has 1 heterocycles. The largest absolute Gasteiger partial charge is 0.467 e. The van der Waals surface area contributed by atoms with Gasteiger partial charge in [0.15, 0.2) is 6.04 Å². The summed E-state index contributed by atoms with van der Waals surface area (Å²) >= 11 is 3.29. The number of hydrogen-bond acceptors (Lipinski definition) is 6. The molecule has 0 radical (unpaired) electrons. The van der Waals surface area contributed by atoms with E-state index in [2.05, 4.69) is 31.2 Å². The van der Waals surface area contributed by atoms with E-state index in [-0.39, 0.29) is 0 Å². The predicted octanol–water partition coefficient (Wildman–Crippen LogP) is 2.15. The molecule has 1 aromatic carbocycles. The van der Waals surface area contributed by atoms with Gasteiger partial charge in [0.05, 0.1) is 7.11 Å². The topological polar surface area (TPSA) is 90.1 Å². The summed E-state index contributed by atoms with van der Waals surface area (Å²) in [6, 6.07) is 8.54. The van der Waals surface area contributed by atoms with Crippen molar-refractivity contribution in [1.82, 2.24) is 9.97 Å². The van der Waals surface area contributed by atoms with Crippen LogP contribution < -0.4 is 11.1 Å². The van der Waals surface area contributed by atoms with E-state index < -0.39 is 12.0 Å². The van der Waals surface area contributed by atoms with Gasteiger partial charge in [0, 0.05) is 0 Å². The van der Waals surface area contributed by atoms with Crippen molar-refractivity contribution in [3.63, 3.8) is 0 Å². The molecule has 0 aliphatic heterocycles. The van der Waals surface area contributed by atoms with E-state index in [1.807, 2.05) is 30.3 Å². The van der Waals surface area contributed by atoms with Gasteiger partial charge in [-0.15, -0.1) is 0 Å². The molecule has 1 atom stereocenters. The van der Waals surface area contributed by atoms with Gasteiger partial charge < -0.3 is 15.8 Å². The molecule has 0 amide bonds. The number of carbonyl (C=O) groups is 1. The zero-order chi connectivity index (χ0) is 14.5. The summed E-state index contributed by atoms with van der Waals surface area (Å²) in [5, 5.41) is 3.00. The zero-order valence-corrected chi connectivity index (χ0v) is 12.3. The van der Waals surface area contributed by atoms with Crippen LogP contribution in [0.3, 0.4) is 0 Å². The highest BCUT2D eigenvalue weighted by Gasteiger charge is 2.22. The lowest BCUT2D eigenvalue weighted by Crippen LogP contribution is -2.23. The van der Waals surface area contributed by atoms with Crippen LogP contribution in [0.15, 0.2) is 41.1 Å². The highest BCUT2D eigenvalue weighted by atomic mass is 79.9. The lowest BCUT2D eigenvalue weighted by molar-refractivity contribution is -0.141. The highest BCUT2D eigenvalue weighted by molar-refractivity contribution is 9.10. The molecule has 2 rings (SSSR count). The van der Waals surface area contributed by atoms with Crippen LogP contribution in [0.4, 0.5) is 11.6 Å². The first-order valence-electron chi connectivity index (χ1n) is 5.78. The van der Waals surface area contributed by atoms with Gasteiger partial charge in [-0.3, -0.25) is 0 Å². The highest BCUT2D eigenvalue weighted by Crippen LogP contribution is 2.28. The molecule has 1 aromatic heterocycles. The smallest absolute Gasteiger partial charge is 0.333 e. The van der Waals surface area contributed by atoms with Gasteiger partial charge in [-0.25, -0.2) is 14.8 Å². The maximum absolute atomic E-state index is 11.9. The van der Waals surface area contributed by atoms with Gasteiger partial charge in [0.1, 0.15) is 22.4 Å². The molecule has 20 heavy (non-hydrogen) atoms. The van der Waals surface area contributed by atoms with Gasteiger partial charge in [-0.05, 0) is 21.5 Å². The predicted molar refractivity (Wildman–Crippen MR) is 79.0 cm³/mol. The Kier molecular flexibility index (Phi) is 4.52. The van der Waals surface area contributed by atoms with E-state index in [1.54, 1.807) is 0 Å². The molecule has 0 aliphatic rings. The number of hydrogen-bond donors (Lipinski definition) is 2. The fourth-order valence-corrected chi connectivity index (χ4v) is 1.98. The average Bonchev–Trinajstić information content (AvgIpc) is 2.49. The monoisotopic (exact) mass is 336 g/mol. The molecule has 7 heteroatoms. The summed E-state index contributed by atoms with van der Waals surface area (Å²) in [6.45, 7) is 0. The van der Waals surface area contributed by atoms with Gasteiger partial charge >= 0.3 is 5.97 Å². The fraction of sp³-hybridized carbons (Fsp3) is 0.154. The summed E-state index contributed by atoms with van der Waals surface area (Å²) in [5.74, 6) is 0.302. The van der Waals surface area contributed by atoms with E-state index in [9.17, 15) is 4.79 Å². The van der Waals surface area contributed by atoms with Crippen molar-refractivity contribution in [1.29, 1.82) is 0 Å². The second-order valence-corrected chi connectivity index (χ2v) is 4.73. The van der Waals surface area contributed by atoms with Crippen LogP contribution in [0.2, 0.25) is 0 Å². The van der Waals surface area contributed by atoms with Crippen LogP contribution in [-0.2, 0) is 9.53 Å². The molecule has 1 unspecified atom stereocenters. The number of rotatable bonds is 4. The summed E-state index contributed by atoms with van der Waals surface area (Å²) in [7, 11) is 1.34. The first kappa shape index (κ1) is 14.3. The molecule has 0 aliphatic carbocycles. The fourth-order valence-electron chi connectivity index (χ4n) is 1.66. The molecule has 3 N–H and O–H groups in total. The lowest BCUT2D eigenvalue weighted by atomic mass is 10.1. The number of methoxy groups -OCH3 is 1. The third kappa shape index (κ3) is 3.05. The molecule has 0 bridgehead atoms. The van der Waals surface area contributed by atoms with E-state index in [1.165, 1.54) is 13.4 Å². The Labute approximate surface area is 124 Å². The number of nitrogens with zero attached hydrogens (tertiary/aromatic N) is 2. The minimum atomic E-state index is -0.674. The van der Waals surface area contributed by atoms with Gasteiger partial charge in [-0.2, -0.15) is 0 Å². The lowest BCUT2D eigenvalue weighted by Gasteiger charge is -2.18. The third-order valence-corrected chi connectivity index (χ3v) is 3.45. The molecule has 0 saturated carbocycles. The average molecular weight is 337 g/mol. The number of anilines is 2. The quantitative estimate of drug-likeness (QED) is 0.831. The maximum Gasteiger partial charge on any atom is 0.333 e. The number of esters is 1. The number of benzene rings is 1. The van der Waals surface area contributed by atoms with Crippen molar-refractivity contribution in [2.24, 2.45) is 0 Å². The van der Waals surface area contributed by atoms with Crippen molar-refractivity contribution in [2.75, 3.05) is 18.2 Å². The number of nitrogens with one attached hydrogen (secondary N) is 1. The van der Waals surface area contributed by atoms with E-state index in [0.717, 1.165) is 5.56 Å². The van der Waals surface area contributed by atoms with Crippen LogP contribution in [0.25, 0.3) is 0 Å². The summed E-state index contributed by atoms with van der Waals surface area (Å²) < 4.78 is 5.32. The second-order valence-electron chi connectivity index (χ2n) is 3.93. The minimum absolute atomic E-state index is 0.291. The number of aromatic nitrogens is 2. The summed E-state index contributed by atoms with van der Waals surface area (Å²) in [4.78, 5) is 19.9. The normalized spacial score (nSPS) is 11.7. The molecule has 2 aromatic rings. The van der Waals surface area contributed by atoms with E-state index >= 15 is 0 Å². The standard InChI is InChI=1S/C13H13BrN4O2/c1-20-13(19)10(8-5-3-2-4-6-8)18-12-9(14)11(15)16-7-17-12/h2-7,10H,1H3,(H3,15,16,17,18). The summed E-state index contributed by atoms with van der Waals surface area (Å²) in [5.41, 5.74) is 6.46. The Morgan fingerprint density at radius 3 is 2.70 bits per heavy atom. The van der Waals surface area contributed by atoms with Crippen LogP contribution >= 0.6 is 15.9 Å². The molecular formula is C13H13BrN4O2. The first-order chi connectivity index (χ1) is 9.63. The van der Waals surface area contributed by atoms with Gasteiger partial charge in [0.2, 0.25) is 0 Å². The Balaban J connectivity index is 2.34. The molecule has 0 saturated heterocycles. The number of ether oxygens (including phenoxy) is 1. The van der Waals surface area contributed by atoms with E-state index in [0.29, 0.717) is 16.1 Å². The van der Waals surface area contributed by atoms with Crippen molar-refractivity contribution >= 4 is 33.5 Å². The van der Waals surface area contributed by atoms with Crippen molar-refractivity contribution in [3.8, 4) is 0 Å². The molecule has 0 fully saturated rings. The number of nitrogens with two attached hydrogens (primary N) is 1. The summed E-state index contributed by atoms with van der Waals surface area (Å²) in [6.07, 6.45) is 1.32. The first-order valence-corrected chi connectivity index (χ1v) is 6.58. The van der Waals surface area contributed by atoms with E-state index in [4.69, 9.17) is 10.5 Å². The molecular weight excluding hydrogens is 324 g/mol. The van der Waals surface area contributed by atoms with Crippen LogP contribution in [0.5, 0.6) is 0 Å². The van der Waals surface area contributed by atoms with Crippen LogP contribution in [-0.4, -0.2) is 23.0 Å². The van der Waals surface area contributed by atoms with Gasteiger partial charge in [0.25, 0.3) is 0 Å². The third-order valence-electron chi connectivity index (χ3n) is 2.67. The zero-order valence-electron chi connectivity index (χ0n) is 10.7. The van der Waals surface area contributed by atoms with Gasteiger partial charge in [-0.1, -0.05) is 30.3 Å². The van der Waals surface area contributed by atoms with Crippen molar-refractivity contribution in [2.45, 2.75) is 6.04 Å². The number of carbonyl (C=O) groups excluding carboxylic acids is 1. The SMILES string of the molecule is COC(=O)C(Nc1ncnc(N)c1Br)c1ccccc1. The van der Waals surface area contributed by atoms with Crippen LogP contribution in [0.1, 0.15) is 11.6 Å². The van der Waals surface area contributed by atoms with Crippen LogP contribution in [0, 0.1) is 0 Å². The Hall–Kier alpha value is -2.15. The second kappa shape index (κ2) is 6.33. The Morgan fingerprint density at radius 1 is 1.35 bits per heavy atom. The van der Waals surface area contributed by atoms with Crippen molar-refractivity contribution < 1.29 is 9.53 Å². The molecule has 6 nitrogen and oxygen atoms in total. The van der Waals surface area contributed by atoms with Crippen molar-refractivity contribution in [3.05, 3.63) is 46.7 Å². The number of halogens is 1. The number of nitrogen functional groups attached to an aromatic ring is 1. The minimum Gasteiger partial charge on any atom is -0.467 e. The molecule has 104 valence electrons. The molecule has 0 spiro atoms. The Bertz CT molecular complexity index is 607. The maximum atomic E-state index is 11.9. The Morgan fingerprint density at radius 2 is 2.05 bits per heavy atom.